The summed E-state index contributed by atoms with van der Waals surface area (Å²) in [7, 11) is 2.12. The van der Waals surface area contributed by atoms with Gasteiger partial charge in [-0.1, -0.05) is 37.9 Å². The maximum absolute atomic E-state index is 2.26. The molecule has 0 N–H and O–H groups in total. The molecule has 0 aliphatic rings. The van der Waals surface area contributed by atoms with Gasteiger partial charge in [-0.15, -0.1) is 0 Å². The van der Waals surface area contributed by atoms with Gasteiger partial charge in [-0.25, -0.2) is 0 Å². The Bertz CT molecular complexity index is 307. The molecule has 1 nitrogen and oxygen atoms in total. The van der Waals surface area contributed by atoms with E-state index in [0.717, 1.165) is 0 Å². The highest BCUT2D eigenvalue weighted by molar-refractivity contribution is 7.99. The first-order valence-electron chi connectivity index (χ1n) is 4.94. The second-order valence-corrected chi connectivity index (χ2v) is 4.81. The van der Waals surface area contributed by atoms with Crippen LogP contribution < -0.4 is 4.31 Å². The molecule has 0 atom stereocenters. The van der Waals surface area contributed by atoms with E-state index in [4.69, 9.17) is 0 Å². The molecule has 14 heavy (non-hydrogen) atoms. The smallest absolute Gasteiger partial charge is 0.0503 e. The van der Waals surface area contributed by atoms with Crippen LogP contribution in [0.5, 0.6) is 0 Å². The van der Waals surface area contributed by atoms with Crippen LogP contribution in [0.3, 0.4) is 0 Å². The molecule has 0 bridgehead atoms. The van der Waals surface area contributed by atoms with Crippen molar-refractivity contribution < 1.29 is 0 Å². The fraction of sp³-hybridized carbons (Fsp3) is 0.500. The quantitative estimate of drug-likeness (QED) is 0.696. The lowest BCUT2D eigenvalue weighted by Gasteiger charge is -2.21. The number of aryl methyl sites for hydroxylation is 1. The van der Waals surface area contributed by atoms with Crippen LogP contribution in [-0.2, 0) is 0 Å². The van der Waals surface area contributed by atoms with E-state index in [1.807, 2.05) is 0 Å². The predicted molar refractivity (Wildman–Crippen MR) is 67.2 cm³/mol. The molecule has 0 aliphatic carbocycles. The summed E-state index contributed by atoms with van der Waals surface area (Å²) < 4.78 is 2.22. The van der Waals surface area contributed by atoms with E-state index in [-0.39, 0.29) is 0 Å². The SMILES string of the molecule is CSN(C)c1cc(C)ccc1C(C)C. The van der Waals surface area contributed by atoms with E-state index in [1.54, 1.807) is 11.9 Å². The molecule has 0 amide bonds. The first-order chi connectivity index (χ1) is 6.56. The monoisotopic (exact) mass is 209 g/mol. The van der Waals surface area contributed by atoms with E-state index in [9.17, 15) is 0 Å². The summed E-state index contributed by atoms with van der Waals surface area (Å²) in [6.45, 7) is 6.62. The zero-order chi connectivity index (χ0) is 10.7. The summed E-state index contributed by atoms with van der Waals surface area (Å²) in [6, 6.07) is 6.68. The molecule has 0 spiro atoms. The summed E-state index contributed by atoms with van der Waals surface area (Å²) in [5.74, 6) is 0.584. The molecule has 1 aromatic rings. The van der Waals surface area contributed by atoms with Crippen LogP contribution in [-0.4, -0.2) is 13.3 Å². The number of nitrogens with zero attached hydrogens (tertiary/aromatic N) is 1. The molecule has 0 fully saturated rings. The summed E-state index contributed by atoms with van der Waals surface area (Å²) in [4.78, 5) is 0. The van der Waals surface area contributed by atoms with Crippen molar-refractivity contribution in [2.75, 3.05) is 17.6 Å². The van der Waals surface area contributed by atoms with Gasteiger partial charge >= 0.3 is 0 Å². The number of rotatable bonds is 3. The summed E-state index contributed by atoms with van der Waals surface area (Å²) in [6.07, 6.45) is 2.10. The second kappa shape index (κ2) is 4.74. The van der Waals surface area contributed by atoms with Crippen molar-refractivity contribution in [2.24, 2.45) is 0 Å². The Balaban J connectivity index is 3.15. The van der Waals surface area contributed by atoms with Crippen LogP contribution in [0.2, 0.25) is 0 Å². The Morgan fingerprint density at radius 1 is 1.29 bits per heavy atom. The molecule has 78 valence electrons. The fourth-order valence-electron chi connectivity index (χ4n) is 1.51. The molecule has 0 aliphatic heterocycles. The minimum atomic E-state index is 0.584. The molecule has 0 heterocycles. The van der Waals surface area contributed by atoms with E-state index >= 15 is 0 Å². The lowest BCUT2D eigenvalue weighted by molar-refractivity contribution is 0.865. The first-order valence-corrected chi connectivity index (χ1v) is 6.12. The predicted octanol–water partition coefficient (Wildman–Crippen LogP) is 3.83. The molecule has 0 unspecified atom stereocenters. The lowest BCUT2D eigenvalue weighted by atomic mass is 9.99. The maximum atomic E-state index is 2.26. The lowest BCUT2D eigenvalue weighted by Crippen LogP contribution is -2.09. The molecule has 1 rings (SSSR count). The van der Waals surface area contributed by atoms with Gasteiger partial charge in [0.05, 0.1) is 5.69 Å². The van der Waals surface area contributed by atoms with Gasteiger partial charge in [0.15, 0.2) is 0 Å². The Morgan fingerprint density at radius 2 is 1.93 bits per heavy atom. The van der Waals surface area contributed by atoms with Crippen LogP contribution in [0.15, 0.2) is 18.2 Å². The van der Waals surface area contributed by atoms with Crippen LogP contribution >= 0.6 is 11.9 Å². The third kappa shape index (κ3) is 2.44. The highest BCUT2D eigenvalue weighted by atomic mass is 32.2. The van der Waals surface area contributed by atoms with Crippen LogP contribution in [0.25, 0.3) is 0 Å². The molecule has 0 radical (unpaired) electrons. The number of benzene rings is 1. The number of hydrogen-bond donors (Lipinski definition) is 0. The van der Waals surface area contributed by atoms with Crippen molar-refractivity contribution in [3.05, 3.63) is 29.3 Å². The zero-order valence-electron chi connectivity index (χ0n) is 9.66. The van der Waals surface area contributed by atoms with E-state index in [0.29, 0.717) is 5.92 Å². The largest absolute Gasteiger partial charge is 0.319 e. The average molecular weight is 209 g/mol. The Hall–Kier alpha value is -0.630. The average Bonchev–Trinajstić information content (AvgIpc) is 2.16. The number of hydrogen-bond acceptors (Lipinski definition) is 2. The van der Waals surface area contributed by atoms with Gasteiger partial charge in [0, 0.05) is 13.3 Å². The molecular weight excluding hydrogens is 190 g/mol. The van der Waals surface area contributed by atoms with Crippen LogP contribution in [0, 0.1) is 6.92 Å². The summed E-state index contributed by atoms with van der Waals surface area (Å²) in [5, 5.41) is 0. The van der Waals surface area contributed by atoms with Gasteiger partial charge in [0.2, 0.25) is 0 Å². The minimum Gasteiger partial charge on any atom is -0.319 e. The van der Waals surface area contributed by atoms with Gasteiger partial charge in [-0.3, -0.25) is 0 Å². The van der Waals surface area contributed by atoms with Crippen molar-refractivity contribution >= 4 is 17.6 Å². The van der Waals surface area contributed by atoms with Gasteiger partial charge in [-0.2, -0.15) is 0 Å². The standard InChI is InChI=1S/C12H19NS/c1-9(2)11-7-6-10(3)8-12(11)13(4)14-5/h6-9H,1-5H3. The normalized spacial score (nSPS) is 10.7. The van der Waals surface area contributed by atoms with E-state index in [1.165, 1.54) is 16.8 Å². The van der Waals surface area contributed by atoms with Gasteiger partial charge in [0.1, 0.15) is 0 Å². The molecule has 1 aromatic carbocycles. The minimum absolute atomic E-state index is 0.584. The van der Waals surface area contributed by atoms with Crippen molar-refractivity contribution in [1.82, 2.24) is 0 Å². The Morgan fingerprint density at radius 3 is 2.43 bits per heavy atom. The van der Waals surface area contributed by atoms with Gasteiger partial charge < -0.3 is 4.31 Å². The Labute approximate surface area is 91.6 Å². The van der Waals surface area contributed by atoms with Crippen molar-refractivity contribution in [3.63, 3.8) is 0 Å². The van der Waals surface area contributed by atoms with Crippen molar-refractivity contribution in [2.45, 2.75) is 26.7 Å². The van der Waals surface area contributed by atoms with Crippen LogP contribution in [0.1, 0.15) is 30.9 Å². The van der Waals surface area contributed by atoms with Crippen LogP contribution in [0.4, 0.5) is 5.69 Å². The highest BCUT2D eigenvalue weighted by Crippen LogP contribution is 2.30. The summed E-state index contributed by atoms with van der Waals surface area (Å²) >= 11 is 1.75. The molecular formula is C12H19NS. The third-order valence-corrected chi connectivity index (χ3v) is 3.17. The first kappa shape index (κ1) is 11.4. The van der Waals surface area contributed by atoms with Gasteiger partial charge in [0.25, 0.3) is 0 Å². The zero-order valence-corrected chi connectivity index (χ0v) is 10.5. The van der Waals surface area contributed by atoms with Gasteiger partial charge in [-0.05, 0) is 30.0 Å². The van der Waals surface area contributed by atoms with Crippen molar-refractivity contribution in [1.29, 1.82) is 0 Å². The second-order valence-electron chi connectivity index (χ2n) is 3.90. The summed E-state index contributed by atoms with van der Waals surface area (Å²) in [5.41, 5.74) is 4.09. The fourth-order valence-corrected chi connectivity index (χ4v) is 1.87. The topological polar surface area (TPSA) is 3.24 Å². The highest BCUT2D eigenvalue weighted by Gasteiger charge is 2.09. The molecule has 0 saturated heterocycles. The molecule has 0 saturated carbocycles. The van der Waals surface area contributed by atoms with E-state index < -0.39 is 0 Å². The molecule has 0 aromatic heterocycles. The molecule has 2 heteroatoms. The van der Waals surface area contributed by atoms with Crippen molar-refractivity contribution in [3.8, 4) is 0 Å². The third-order valence-electron chi connectivity index (χ3n) is 2.42. The number of anilines is 1. The maximum Gasteiger partial charge on any atom is 0.0503 e. The Kier molecular flexibility index (Phi) is 3.87. The van der Waals surface area contributed by atoms with E-state index in [2.05, 4.69) is 56.6 Å².